The zero-order valence-electron chi connectivity index (χ0n) is 15.3. The molecule has 1 amide bonds. The second-order valence-corrected chi connectivity index (χ2v) is 7.49. The lowest BCUT2D eigenvalue weighted by Crippen LogP contribution is -2.18. The fourth-order valence-electron chi connectivity index (χ4n) is 2.47. The number of nitrogens with one attached hydrogen (secondary N) is 1. The first-order chi connectivity index (χ1) is 13.9. The number of carbonyl (C=O) groups excluding carboxylic acids is 2. The molecule has 0 fully saturated rings. The molecule has 0 radical (unpaired) electrons. The van der Waals surface area contributed by atoms with E-state index in [9.17, 15) is 14.7 Å². The van der Waals surface area contributed by atoms with E-state index in [2.05, 4.69) is 40.5 Å². The Morgan fingerprint density at radius 1 is 1.24 bits per heavy atom. The lowest BCUT2D eigenvalue weighted by Gasteiger charge is -2.20. The summed E-state index contributed by atoms with van der Waals surface area (Å²) < 4.78 is 11.4. The van der Waals surface area contributed by atoms with Crippen molar-refractivity contribution in [3.8, 4) is 11.8 Å². The van der Waals surface area contributed by atoms with E-state index in [0.29, 0.717) is 29.7 Å². The van der Waals surface area contributed by atoms with Crippen LogP contribution in [0.3, 0.4) is 0 Å². The largest absolute Gasteiger partial charge is 0.508 e. The van der Waals surface area contributed by atoms with E-state index in [4.69, 9.17) is 14.7 Å². The second-order valence-electron chi connectivity index (χ2n) is 5.93. The van der Waals surface area contributed by atoms with Gasteiger partial charge in [-0.25, -0.2) is 4.79 Å². The van der Waals surface area contributed by atoms with E-state index in [1.165, 1.54) is 6.07 Å². The number of nitriles is 1. The number of esters is 1. The molecule has 0 aliphatic heterocycles. The predicted molar refractivity (Wildman–Crippen MR) is 119 cm³/mol. The highest BCUT2D eigenvalue weighted by molar-refractivity contribution is 14.1. The van der Waals surface area contributed by atoms with Crippen LogP contribution < -0.4 is 5.32 Å². The van der Waals surface area contributed by atoms with Gasteiger partial charge in [-0.15, -0.1) is 0 Å². The van der Waals surface area contributed by atoms with Crippen LogP contribution in [0.2, 0.25) is 0 Å². The molecule has 0 aromatic heterocycles. The molecule has 0 heterocycles. The average Bonchev–Trinajstić information content (AvgIpc) is 2.72. The van der Waals surface area contributed by atoms with Crippen LogP contribution in [0.4, 0.5) is 10.5 Å². The first kappa shape index (κ1) is 22.8. The summed E-state index contributed by atoms with van der Waals surface area (Å²) in [6.45, 7) is 0.154. The van der Waals surface area contributed by atoms with Crippen molar-refractivity contribution in [2.45, 2.75) is 18.9 Å². The molecular formula is C20H19IN2O5S. The first-order valence-corrected chi connectivity index (χ1v) is 10.4. The van der Waals surface area contributed by atoms with Crippen LogP contribution in [-0.2, 0) is 14.3 Å². The lowest BCUT2D eigenvalue weighted by atomic mass is 10.0. The standard InChI is InChI=1S/C20H19IN2O5S/c21-14-5-8-17(24)16(10-14)18(2-1-9-27-19(25)12-29)28-20(26)23-15-6-3-13(11-22)4-7-15/h3-8,10,18,24,29H,1-2,9,12H2,(H,23,26)/t18-/m1/s1. The topological polar surface area (TPSA) is 109 Å². The minimum atomic E-state index is -0.738. The Hall–Kier alpha value is -2.45. The van der Waals surface area contributed by atoms with Gasteiger partial charge >= 0.3 is 12.1 Å². The number of hydrogen-bond acceptors (Lipinski definition) is 7. The van der Waals surface area contributed by atoms with Gasteiger partial charge in [0.15, 0.2) is 0 Å². The number of aromatic hydroxyl groups is 1. The molecule has 0 spiro atoms. The molecule has 152 valence electrons. The maximum absolute atomic E-state index is 12.4. The van der Waals surface area contributed by atoms with Gasteiger partial charge in [-0.1, -0.05) is 0 Å². The number of halogens is 1. The Balaban J connectivity index is 2.07. The summed E-state index contributed by atoms with van der Waals surface area (Å²) in [6, 6.07) is 13.3. The van der Waals surface area contributed by atoms with Gasteiger partial charge in [0.05, 0.1) is 24.0 Å². The predicted octanol–water partition coefficient (Wildman–Crippen LogP) is 4.41. The zero-order chi connectivity index (χ0) is 21.2. The number of hydrogen-bond donors (Lipinski definition) is 3. The van der Waals surface area contributed by atoms with Gasteiger partial charge in [-0.05, 0) is 77.9 Å². The molecule has 7 nitrogen and oxygen atoms in total. The van der Waals surface area contributed by atoms with Crippen molar-refractivity contribution in [1.29, 1.82) is 5.26 Å². The molecule has 2 rings (SSSR count). The van der Waals surface area contributed by atoms with E-state index in [1.807, 2.05) is 6.07 Å². The first-order valence-electron chi connectivity index (χ1n) is 8.65. The maximum atomic E-state index is 12.4. The number of rotatable bonds is 8. The van der Waals surface area contributed by atoms with Crippen LogP contribution in [0.25, 0.3) is 0 Å². The van der Waals surface area contributed by atoms with Crippen molar-refractivity contribution in [3.05, 3.63) is 57.2 Å². The number of amides is 1. The number of benzene rings is 2. The number of ether oxygens (including phenoxy) is 2. The van der Waals surface area contributed by atoms with Crippen LogP contribution in [0.1, 0.15) is 30.1 Å². The number of anilines is 1. The van der Waals surface area contributed by atoms with Crippen molar-refractivity contribution < 1.29 is 24.2 Å². The Bertz CT molecular complexity index is 899. The highest BCUT2D eigenvalue weighted by Gasteiger charge is 2.21. The van der Waals surface area contributed by atoms with Crippen LogP contribution in [0.5, 0.6) is 5.75 Å². The van der Waals surface area contributed by atoms with Crippen LogP contribution in [0, 0.1) is 14.9 Å². The summed E-state index contributed by atoms with van der Waals surface area (Å²) in [5.74, 6) is -0.430. The minimum absolute atomic E-state index is 0.00828. The van der Waals surface area contributed by atoms with Crippen molar-refractivity contribution in [1.82, 2.24) is 0 Å². The molecule has 0 unspecified atom stereocenters. The number of phenolic OH excluding ortho intramolecular Hbond substituents is 1. The van der Waals surface area contributed by atoms with Crippen LogP contribution in [-0.4, -0.2) is 29.5 Å². The van der Waals surface area contributed by atoms with E-state index >= 15 is 0 Å². The van der Waals surface area contributed by atoms with Crippen LogP contribution in [0.15, 0.2) is 42.5 Å². The SMILES string of the molecule is N#Cc1ccc(NC(=O)O[C@H](CCCOC(=O)CS)c2cc(I)ccc2O)cc1. The Morgan fingerprint density at radius 3 is 2.62 bits per heavy atom. The fraction of sp³-hybridized carbons (Fsp3) is 0.250. The third-order valence-electron chi connectivity index (χ3n) is 3.85. The van der Waals surface area contributed by atoms with Crippen molar-refractivity contribution in [2.24, 2.45) is 0 Å². The van der Waals surface area contributed by atoms with Crippen LogP contribution >= 0.6 is 35.2 Å². The molecule has 29 heavy (non-hydrogen) atoms. The maximum Gasteiger partial charge on any atom is 0.412 e. The molecule has 0 saturated carbocycles. The third-order valence-corrected chi connectivity index (χ3v) is 4.78. The highest BCUT2D eigenvalue weighted by atomic mass is 127. The lowest BCUT2D eigenvalue weighted by molar-refractivity contribution is -0.140. The molecular weight excluding hydrogens is 507 g/mol. The van der Waals surface area contributed by atoms with Crippen molar-refractivity contribution >= 4 is 53.0 Å². The summed E-state index contributed by atoms with van der Waals surface area (Å²) >= 11 is 5.94. The molecule has 1 atom stereocenters. The summed E-state index contributed by atoms with van der Waals surface area (Å²) in [5.41, 5.74) is 1.41. The molecule has 9 heteroatoms. The average molecular weight is 526 g/mol. The summed E-state index contributed by atoms with van der Waals surface area (Å²) in [7, 11) is 0. The molecule has 0 saturated heterocycles. The van der Waals surface area contributed by atoms with Gasteiger partial charge in [0.1, 0.15) is 11.9 Å². The number of nitrogens with zero attached hydrogens (tertiary/aromatic N) is 1. The Kier molecular flexibility index (Phi) is 9.08. The Morgan fingerprint density at radius 2 is 1.97 bits per heavy atom. The van der Waals surface area contributed by atoms with Gasteiger partial charge in [0.25, 0.3) is 0 Å². The van der Waals surface area contributed by atoms with Gasteiger partial charge in [-0.3, -0.25) is 10.1 Å². The third kappa shape index (κ3) is 7.47. The highest BCUT2D eigenvalue weighted by Crippen LogP contribution is 2.32. The summed E-state index contributed by atoms with van der Waals surface area (Å²) in [4.78, 5) is 23.6. The second kappa shape index (κ2) is 11.5. The van der Waals surface area contributed by atoms with Gasteiger partial charge in [0.2, 0.25) is 0 Å². The van der Waals surface area contributed by atoms with E-state index < -0.39 is 18.2 Å². The fourth-order valence-corrected chi connectivity index (χ4v) is 3.07. The number of phenols is 1. The van der Waals surface area contributed by atoms with Crippen molar-refractivity contribution in [2.75, 3.05) is 17.7 Å². The molecule has 2 aromatic rings. The normalized spacial score (nSPS) is 11.2. The minimum Gasteiger partial charge on any atom is -0.508 e. The van der Waals surface area contributed by atoms with Gasteiger partial charge < -0.3 is 14.6 Å². The molecule has 2 N–H and O–H groups in total. The Labute approximate surface area is 187 Å². The van der Waals surface area contributed by atoms with E-state index in [1.54, 1.807) is 36.4 Å². The zero-order valence-corrected chi connectivity index (χ0v) is 18.4. The van der Waals surface area contributed by atoms with E-state index in [0.717, 1.165) is 3.57 Å². The molecule has 0 bridgehead atoms. The van der Waals surface area contributed by atoms with E-state index in [-0.39, 0.29) is 18.1 Å². The number of thiol groups is 1. The van der Waals surface area contributed by atoms with Gasteiger partial charge in [0, 0.05) is 14.8 Å². The smallest absolute Gasteiger partial charge is 0.412 e. The quantitative estimate of drug-likeness (QED) is 0.204. The molecule has 0 aliphatic rings. The summed E-state index contributed by atoms with van der Waals surface area (Å²) in [6.07, 6.45) is -0.670. The molecule has 2 aromatic carbocycles. The number of carbonyl (C=O) groups is 2. The molecule has 0 aliphatic carbocycles. The summed E-state index contributed by atoms with van der Waals surface area (Å²) in [5, 5.41) is 21.6. The van der Waals surface area contributed by atoms with Gasteiger partial charge in [-0.2, -0.15) is 17.9 Å². The van der Waals surface area contributed by atoms with Crippen molar-refractivity contribution in [3.63, 3.8) is 0 Å². The monoisotopic (exact) mass is 526 g/mol.